The number of nitrogens with zero attached hydrogens (tertiary/aromatic N) is 2. The van der Waals surface area contributed by atoms with Gasteiger partial charge < -0.3 is 19.9 Å². The van der Waals surface area contributed by atoms with E-state index in [1.165, 1.54) is 12.1 Å². The minimum Gasteiger partial charge on any atom is -0.441 e. The van der Waals surface area contributed by atoms with Gasteiger partial charge in [0.2, 0.25) is 5.91 Å². The molecule has 2 aromatic carbocycles. The lowest BCUT2D eigenvalue weighted by atomic mass is 10.0. The zero-order valence-corrected chi connectivity index (χ0v) is 23.5. The number of alkyl carbamates (subject to hydrolysis) is 1. The number of carbonyl (C=O) groups is 2. The van der Waals surface area contributed by atoms with E-state index in [1.54, 1.807) is 47.8 Å². The molecule has 2 amide bonds. The zero-order chi connectivity index (χ0) is 29.3. The Morgan fingerprint density at radius 1 is 1.07 bits per heavy atom. The van der Waals surface area contributed by atoms with Crippen molar-refractivity contribution in [2.45, 2.75) is 55.8 Å². The van der Waals surface area contributed by atoms with Gasteiger partial charge in [0, 0.05) is 44.9 Å². The lowest BCUT2D eigenvalue weighted by Gasteiger charge is -2.38. The molecule has 1 atom stereocenters. The number of rotatable bonds is 11. The number of piperidine rings is 1. The van der Waals surface area contributed by atoms with Crippen molar-refractivity contribution in [3.8, 4) is 0 Å². The third-order valence-electron chi connectivity index (χ3n) is 6.93. The molecule has 40 heavy (non-hydrogen) atoms. The third-order valence-corrected chi connectivity index (χ3v) is 8.06. The maximum atomic E-state index is 13.1. The summed E-state index contributed by atoms with van der Waals surface area (Å²) >= 11 is 0. The lowest BCUT2D eigenvalue weighted by Crippen LogP contribution is -2.48. The molecular weight excluding hydrogens is 547 g/mol. The quantitative estimate of drug-likeness (QED) is 0.422. The molecule has 1 N–H and O–H groups in total. The number of halogens is 3. The number of hydrogen-bond donors (Lipinski definition) is 1. The summed E-state index contributed by atoms with van der Waals surface area (Å²) in [7, 11) is -3.30. The molecular formula is C28H36F3N3O5S. The van der Waals surface area contributed by atoms with Crippen molar-refractivity contribution in [3.63, 3.8) is 0 Å². The molecule has 8 nitrogen and oxygen atoms in total. The Balaban J connectivity index is 1.52. The van der Waals surface area contributed by atoms with Crippen molar-refractivity contribution in [1.82, 2.24) is 15.1 Å². The second-order valence-corrected chi connectivity index (χ2v) is 11.9. The van der Waals surface area contributed by atoms with E-state index < -0.39 is 34.8 Å². The molecule has 1 aliphatic rings. The van der Waals surface area contributed by atoms with Gasteiger partial charge in [-0.15, -0.1) is 0 Å². The Morgan fingerprint density at radius 2 is 1.70 bits per heavy atom. The van der Waals surface area contributed by atoms with Gasteiger partial charge in [-0.25, -0.2) is 13.2 Å². The van der Waals surface area contributed by atoms with Crippen LogP contribution in [0.15, 0.2) is 59.5 Å². The Kier molecular flexibility index (Phi) is 11.0. The van der Waals surface area contributed by atoms with Crippen molar-refractivity contribution in [3.05, 3.63) is 65.7 Å². The monoisotopic (exact) mass is 583 g/mol. The largest absolute Gasteiger partial charge is 0.441 e. The first-order valence-electron chi connectivity index (χ1n) is 13.2. The molecule has 0 saturated carbocycles. The number of ether oxygens (including phenoxy) is 1. The minimum atomic E-state index is -4.53. The standard InChI is InChI=1S/C28H36F3N3O5S/c1-3-34(26(35)19-21-9-11-24(12-10-21)40(2,37)38)23-13-16-33(17-14-23)18-15-25(22-7-5-4-6-8-22)39-27(36)32-20-28(29,30)31/h4-12,23,25H,3,13-20H2,1-2H3,(H,32,36). The minimum absolute atomic E-state index is 0.0181. The van der Waals surface area contributed by atoms with Crippen LogP contribution in [0.1, 0.15) is 43.4 Å². The normalized spacial score (nSPS) is 15.8. The highest BCUT2D eigenvalue weighted by Gasteiger charge is 2.30. The van der Waals surface area contributed by atoms with Gasteiger partial charge in [-0.2, -0.15) is 13.2 Å². The van der Waals surface area contributed by atoms with Gasteiger partial charge in [0.15, 0.2) is 9.84 Å². The van der Waals surface area contributed by atoms with E-state index in [-0.39, 0.29) is 23.3 Å². The van der Waals surface area contributed by atoms with Crippen molar-refractivity contribution >= 4 is 21.8 Å². The summed E-state index contributed by atoms with van der Waals surface area (Å²) in [5.41, 5.74) is 1.45. The van der Waals surface area contributed by atoms with Crippen molar-refractivity contribution in [2.75, 3.05) is 39.0 Å². The summed E-state index contributed by atoms with van der Waals surface area (Å²) in [6, 6.07) is 15.3. The number of likely N-dealkylation sites (tertiary alicyclic amines) is 1. The van der Waals surface area contributed by atoms with Crippen molar-refractivity contribution < 1.29 is 35.9 Å². The summed E-state index contributed by atoms with van der Waals surface area (Å²) in [6.45, 7) is 3.05. The second-order valence-electron chi connectivity index (χ2n) is 9.91. The van der Waals surface area contributed by atoms with E-state index >= 15 is 0 Å². The highest BCUT2D eigenvalue weighted by molar-refractivity contribution is 7.90. The molecule has 1 heterocycles. The average molecular weight is 584 g/mol. The van der Waals surface area contributed by atoms with E-state index in [1.807, 2.05) is 11.8 Å². The van der Waals surface area contributed by atoms with Crippen LogP contribution in [-0.2, 0) is 25.8 Å². The molecule has 0 bridgehead atoms. The number of alkyl halides is 3. The van der Waals surface area contributed by atoms with Gasteiger partial charge >= 0.3 is 12.3 Å². The number of sulfone groups is 1. The summed E-state index contributed by atoms with van der Waals surface area (Å²) in [5, 5.41) is 1.76. The molecule has 1 saturated heterocycles. The first kappa shape index (κ1) is 31.4. The van der Waals surface area contributed by atoms with Crippen LogP contribution >= 0.6 is 0 Å². The van der Waals surface area contributed by atoms with Gasteiger partial charge in [0.25, 0.3) is 0 Å². The fraction of sp³-hybridized carbons (Fsp3) is 0.500. The topological polar surface area (TPSA) is 96.0 Å². The van der Waals surface area contributed by atoms with Crippen molar-refractivity contribution in [2.24, 2.45) is 0 Å². The molecule has 0 aliphatic carbocycles. The smallest absolute Gasteiger partial charge is 0.408 e. The molecule has 3 rings (SSSR count). The highest BCUT2D eigenvalue weighted by atomic mass is 32.2. The van der Waals surface area contributed by atoms with Crippen LogP contribution in [0.2, 0.25) is 0 Å². The predicted molar refractivity (Wildman–Crippen MR) is 144 cm³/mol. The van der Waals surface area contributed by atoms with Crippen LogP contribution in [0.3, 0.4) is 0 Å². The van der Waals surface area contributed by atoms with Gasteiger partial charge in [-0.3, -0.25) is 4.79 Å². The number of nitrogens with one attached hydrogen (secondary N) is 1. The fourth-order valence-electron chi connectivity index (χ4n) is 4.83. The Hall–Kier alpha value is -3.12. The SMILES string of the molecule is CCN(C(=O)Cc1ccc(S(C)(=O)=O)cc1)C1CCN(CCC(OC(=O)NCC(F)(F)F)c2ccccc2)CC1. The Labute approximate surface area is 233 Å². The summed E-state index contributed by atoms with van der Waals surface area (Å²) in [5.74, 6) is -0.0181. The molecule has 1 fully saturated rings. The average Bonchev–Trinajstić information content (AvgIpc) is 2.91. The molecule has 220 valence electrons. The van der Waals surface area contributed by atoms with E-state index in [4.69, 9.17) is 4.74 Å². The first-order valence-corrected chi connectivity index (χ1v) is 15.1. The molecule has 0 radical (unpaired) electrons. The maximum absolute atomic E-state index is 13.1. The number of carbonyl (C=O) groups excluding carboxylic acids is 2. The van der Waals surface area contributed by atoms with Gasteiger partial charge in [0.1, 0.15) is 12.6 Å². The van der Waals surface area contributed by atoms with Crippen LogP contribution in [0.5, 0.6) is 0 Å². The molecule has 12 heteroatoms. The molecule has 0 aromatic heterocycles. The second kappa shape index (κ2) is 14.0. The molecule has 2 aromatic rings. The number of amides is 2. The summed E-state index contributed by atoms with van der Waals surface area (Å²) in [4.78, 5) is 29.4. The molecule has 0 spiro atoms. The first-order chi connectivity index (χ1) is 18.9. The van der Waals surface area contributed by atoms with Crippen LogP contribution in [0.25, 0.3) is 0 Å². The predicted octanol–water partition coefficient (Wildman–Crippen LogP) is 4.37. The van der Waals surface area contributed by atoms with Gasteiger partial charge in [-0.1, -0.05) is 42.5 Å². The van der Waals surface area contributed by atoms with Gasteiger partial charge in [0.05, 0.1) is 11.3 Å². The number of benzene rings is 2. The molecule has 1 aliphatic heterocycles. The fourth-order valence-corrected chi connectivity index (χ4v) is 5.46. The zero-order valence-electron chi connectivity index (χ0n) is 22.7. The number of likely N-dealkylation sites (N-methyl/N-ethyl adjacent to an activating group) is 1. The Bertz CT molecular complexity index is 1220. The van der Waals surface area contributed by atoms with Crippen LogP contribution in [-0.4, -0.2) is 81.4 Å². The van der Waals surface area contributed by atoms with Crippen molar-refractivity contribution in [1.29, 1.82) is 0 Å². The third kappa shape index (κ3) is 9.81. The maximum Gasteiger partial charge on any atom is 0.408 e. The molecule has 1 unspecified atom stereocenters. The number of hydrogen-bond acceptors (Lipinski definition) is 6. The lowest BCUT2D eigenvalue weighted by molar-refractivity contribution is -0.133. The van der Waals surface area contributed by atoms with Crippen LogP contribution in [0, 0.1) is 0 Å². The van der Waals surface area contributed by atoms with E-state index in [2.05, 4.69) is 4.90 Å². The summed E-state index contributed by atoms with van der Waals surface area (Å²) < 4.78 is 66.1. The van der Waals surface area contributed by atoms with Crippen LogP contribution in [0.4, 0.5) is 18.0 Å². The van der Waals surface area contributed by atoms with E-state index in [0.29, 0.717) is 25.1 Å². The van der Waals surface area contributed by atoms with E-state index in [9.17, 15) is 31.2 Å². The van der Waals surface area contributed by atoms with E-state index in [0.717, 1.165) is 37.8 Å². The highest BCUT2D eigenvalue weighted by Crippen LogP contribution is 2.24. The Morgan fingerprint density at radius 3 is 2.25 bits per heavy atom. The summed E-state index contributed by atoms with van der Waals surface area (Å²) in [6.07, 6.45) is -3.09. The van der Waals surface area contributed by atoms with Gasteiger partial charge in [-0.05, 0) is 43.0 Å². The van der Waals surface area contributed by atoms with Crippen LogP contribution < -0.4 is 5.32 Å².